The van der Waals surface area contributed by atoms with Crippen LogP contribution in [0.2, 0.25) is 0 Å². The van der Waals surface area contributed by atoms with Crippen molar-refractivity contribution < 1.29 is 9.53 Å². The molecule has 1 aromatic rings. The third-order valence-corrected chi connectivity index (χ3v) is 3.69. The van der Waals surface area contributed by atoms with E-state index in [1.807, 2.05) is 18.2 Å². The van der Waals surface area contributed by atoms with Gasteiger partial charge in [0.15, 0.2) is 0 Å². The molecule has 1 aliphatic rings. The highest BCUT2D eigenvalue weighted by Crippen LogP contribution is 2.56. The second-order valence-electron chi connectivity index (χ2n) is 5.09. The van der Waals surface area contributed by atoms with Gasteiger partial charge in [0.25, 0.3) is 0 Å². The minimum atomic E-state index is 0.137. The fourth-order valence-corrected chi connectivity index (χ4v) is 2.25. The Morgan fingerprint density at radius 1 is 1.31 bits per heavy atom. The van der Waals surface area contributed by atoms with Crippen LogP contribution in [0.1, 0.15) is 19.4 Å². The molecule has 0 aromatic heterocycles. The van der Waals surface area contributed by atoms with E-state index in [9.17, 15) is 4.79 Å². The average molecular weight is 218 g/mol. The summed E-state index contributed by atoms with van der Waals surface area (Å²) < 4.78 is 5.65. The molecule has 2 atom stereocenters. The van der Waals surface area contributed by atoms with Crippen molar-refractivity contribution >= 4 is 6.29 Å². The van der Waals surface area contributed by atoms with E-state index in [1.165, 1.54) is 5.56 Å². The zero-order valence-electron chi connectivity index (χ0n) is 9.85. The summed E-state index contributed by atoms with van der Waals surface area (Å²) in [5.74, 6) is 0.581. The van der Waals surface area contributed by atoms with Gasteiger partial charge >= 0.3 is 0 Å². The summed E-state index contributed by atoms with van der Waals surface area (Å²) in [6.07, 6.45) is 1.07. The SMILES string of the molecule is CC1(C)C(C=O)C1COCc1ccccc1. The van der Waals surface area contributed by atoms with E-state index in [-0.39, 0.29) is 11.3 Å². The third kappa shape index (κ3) is 2.17. The van der Waals surface area contributed by atoms with E-state index >= 15 is 0 Å². The van der Waals surface area contributed by atoms with Crippen LogP contribution in [0.4, 0.5) is 0 Å². The van der Waals surface area contributed by atoms with Crippen LogP contribution in [-0.2, 0) is 16.1 Å². The van der Waals surface area contributed by atoms with E-state index < -0.39 is 0 Å². The van der Waals surface area contributed by atoms with Crippen molar-refractivity contribution in [3.05, 3.63) is 35.9 Å². The summed E-state index contributed by atoms with van der Waals surface area (Å²) in [6.45, 7) is 5.58. The van der Waals surface area contributed by atoms with E-state index in [4.69, 9.17) is 4.74 Å². The smallest absolute Gasteiger partial charge is 0.124 e. The fraction of sp³-hybridized carbons (Fsp3) is 0.500. The number of hydrogen-bond acceptors (Lipinski definition) is 2. The van der Waals surface area contributed by atoms with Crippen LogP contribution < -0.4 is 0 Å². The standard InChI is InChI=1S/C14H18O2/c1-14(2)12(8-15)13(14)10-16-9-11-6-4-3-5-7-11/h3-8,12-13H,9-10H2,1-2H3. The van der Waals surface area contributed by atoms with Gasteiger partial charge in [-0.05, 0) is 16.9 Å². The molecule has 16 heavy (non-hydrogen) atoms. The topological polar surface area (TPSA) is 26.3 Å². The van der Waals surface area contributed by atoms with Crippen molar-refractivity contribution in [2.24, 2.45) is 17.3 Å². The van der Waals surface area contributed by atoms with Crippen molar-refractivity contribution in [2.75, 3.05) is 6.61 Å². The van der Waals surface area contributed by atoms with Crippen LogP contribution in [0.15, 0.2) is 30.3 Å². The maximum atomic E-state index is 10.8. The first-order valence-corrected chi connectivity index (χ1v) is 5.73. The minimum absolute atomic E-state index is 0.137. The number of hydrogen-bond donors (Lipinski definition) is 0. The molecule has 2 heteroatoms. The molecule has 1 saturated carbocycles. The lowest BCUT2D eigenvalue weighted by molar-refractivity contribution is -0.109. The summed E-state index contributed by atoms with van der Waals surface area (Å²) >= 11 is 0. The number of carbonyl (C=O) groups is 1. The second kappa shape index (κ2) is 4.38. The molecule has 0 heterocycles. The van der Waals surface area contributed by atoms with Crippen LogP contribution in [-0.4, -0.2) is 12.9 Å². The molecule has 0 N–H and O–H groups in total. The first-order chi connectivity index (χ1) is 7.66. The van der Waals surface area contributed by atoms with E-state index in [2.05, 4.69) is 26.0 Å². The quantitative estimate of drug-likeness (QED) is 0.710. The lowest BCUT2D eigenvalue weighted by atomic mass is 10.1. The highest BCUT2D eigenvalue weighted by molar-refractivity contribution is 5.61. The van der Waals surface area contributed by atoms with Gasteiger partial charge in [-0.3, -0.25) is 0 Å². The largest absolute Gasteiger partial charge is 0.376 e. The molecule has 86 valence electrons. The lowest BCUT2D eigenvalue weighted by Crippen LogP contribution is -2.01. The number of benzene rings is 1. The predicted molar refractivity (Wildman–Crippen MR) is 62.9 cm³/mol. The van der Waals surface area contributed by atoms with E-state index in [0.717, 1.165) is 6.29 Å². The van der Waals surface area contributed by atoms with Gasteiger partial charge in [0.05, 0.1) is 13.2 Å². The Hall–Kier alpha value is -1.15. The van der Waals surface area contributed by atoms with Gasteiger partial charge < -0.3 is 9.53 Å². The molecule has 0 amide bonds. The number of rotatable bonds is 5. The molecular formula is C14H18O2. The normalized spacial score (nSPS) is 26.4. The molecule has 0 saturated heterocycles. The van der Waals surface area contributed by atoms with Gasteiger partial charge in [-0.25, -0.2) is 0 Å². The molecule has 1 aliphatic carbocycles. The Kier molecular flexibility index (Phi) is 3.10. The Labute approximate surface area is 96.6 Å². The Bertz CT molecular complexity index is 356. The van der Waals surface area contributed by atoms with Gasteiger partial charge in [0.1, 0.15) is 6.29 Å². The number of aldehydes is 1. The molecule has 0 bridgehead atoms. The first kappa shape index (κ1) is 11.3. The molecule has 2 unspecified atom stereocenters. The summed E-state index contributed by atoms with van der Waals surface area (Å²) in [6, 6.07) is 10.1. The van der Waals surface area contributed by atoms with Crippen LogP contribution in [0.3, 0.4) is 0 Å². The summed E-state index contributed by atoms with van der Waals surface area (Å²) in [5.41, 5.74) is 1.32. The van der Waals surface area contributed by atoms with Gasteiger partial charge in [-0.15, -0.1) is 0 Å². The lowest BCUT2D eigenvalue weighted by Gasteiger charge is -2.05. The zero-order chi connectivity index (χ0) is 11.6. The van der Waals surface area contributed by atoms with Gasteiger partial charge in [0, 0.05) is 5.92 Å². The van der Waals surface area contributed by atoms with E-state index in [0.29, 0.717) is 19.1 Å². The highest BCUT2D eigenvalue weighted by atomic mass is 16.5. The summed E-state index contributed by atoms with van der Waals surface area (Å²) in [7, 11) is 0. The molecule has 0 spiro atoms. The van der Waals surface area contributed by atoms with Crippen molar-refractivity contribution in [3.63, 3.8) is 0 Å². The van der Waals surface area contributed by atoms with E-state index in [1.54, 1.807) is 0 Å². The third-order valence-electron chi connectivity index (χ3n) is 3.69. The van der Waals surface area contributed by atoms with Gasteiger partial charge in [-0.2, -0.15) is 0 Å². The van der Waals surface area contributed by atoms with Crippen molar-refractivity contribution in [3.8, 4) is 0 Å². The molecular weight excluding hydrogens is 200 g/mol. The molecule has 1 aromatic carbocycles. The minimum Gasteiger partial charge on any atom is -0.376 e. The van der Waals surface area contributed by atoms with Gasteiger partial charge in [0.2, 0.25) is 0 Å². The Morgan fingerprint density at radius 3 is 2.56 bits per heavy atom. The van der Waals surface area contributed by atoms with Crippen LogP contribution in [0.25, 0.3) is 0 Å². The fourth-order valence-electron chi connectivity index (χ4n) is 2.25. The summed E-state index contributed by atoms with van der Waals surface area (Å²) in [5, 5.41) is 0. The molecule has 1 fully saturated rings. The monoisotopic (exact) mass is 218 g/mol. The first-order valence-electron chi connectivity index (χ1n) is 5.73. The zero-order valence-corrected chi connectivity index (χ0v) is 9.85. The maximum absolute atomic E-state index is 10.8. The van der Waals surface area contributed by atoms with Crippen molar-refractivity contribution in [1.29, 1.82) is 0 Å². The van der Waals surface area contributed by atoms with Crippen LogP contribution in [0, 0.1) is 17.3 Å². The van der Waals surface area contributed by atoms with Crippen molar-refractivity contribution in [2.45, 2.75) is 20.5 Å². The highest BCUT2D eigenvalue weighted by Gasteiger charge is 2.57. The van der Waals surface area contributed by atoms with Crippen LogP contribution in [0.5, 0.6) is 0 Å². The molecule has 2 rings (SSSR count). The second-order valence-corrected chi connectivity index (χ2v) is 5.09. The predicted octanol–water partition coefficient (Wildman–Crippen LogP) is 2.67. The Balaban J connectivity index is 1.76. The maximum Gasteiger partial charge on any atom is 0.124 e. The Morgan fingerprint density at radius 2 is 2.00 bits per heavy atom. The number of ether oxygens (including phenoxy) is 1. The molecule has 2 nitrogen and oxygen atoms in total. The molecule has 0 aliphatic heterocycles. The van der Waals surface area contributed by atoms with Crippen molar-refractivity contribution in [1.82, 2.24) is 0 Å². The summed E-state index contributed by atoms with van der Waals surface area (Å²) in [4.78, 5) is 10.8. The molecule has 0 radical (unpaired) electrons. The average Bonchev–Trinajstić information content (AvgIpc) is 2.81. The number of carbonyl (C=O) groups excluding carboxylic acids is 1. The van der Waals surface area contributed by atoms with Crippen LogP contribution >= 0.6 is 0 Å². The van der Waals surface area contributed by atoms with Gasteiger partial charge in [-0.1, -0.05) is 44.2 Å².